The second-order valence-electron chi connectivity index (χ2n) is 8.45. The lowest BCUT2D eigenvalue weighted by molar-refractivity contribution is 0.171. The van der Waals surface area contributed by atoms with Gasteiger partial charge in [0, 0.05) is 16.5 Å². The second-order valence-corrected chi connectivity index (χ2v) is 10.1. The SMILES string of the molecule is CN(C)P1Oc2cccc3c2C24c5c(cccc5O1)C[C@H]2CCC[C@@H]4C3. The Morgan fingerprint density at radius 3 is 1.92 bits per heavy atom. The Hall–Kier alpha value is -1.57. The van der Waals surface area contributed by atoms with Gasteiger partial charge in [-0.1, -0.05) is 30.7 Å². The minimum atomic E-state index is -1.14. The highest BCUT2D eigenvalue weighted by Crippen LogP contribution is 2.68. The molecular weight excluding hydrogens is 341 g/mol. The van der Waals surface area contributed by atoms with Crippen LogP contribution < -0.4 is 9.05 Å². The monoisotopic (exact) mass is 365 g/mol. The summed E-state index contributed by atoms with van der Waals surface area (Å²) in [4.78, 5) is 0. The summed E-state index contributed by atoms with van der Waals surface area (Å²) in [5, 5.41) is 0. The molecule has 0 saturated heterocycles. The third kappa shape index (κ3) is 1.76. The van der Waals surface area contributed by atoms with Crippen molar-refractivity contribution in [2.75, 3.05) is 14.1 Å². The molecule has 1 fully saturated rings. The predicted molar refractivity (Wildman–Crippen MR) is 104 cm³/mol. The third-order valence-electron chi connectivity index (χ3n) is 7.06. The van der Waals surface area contributed by atoms with Gasteiger partial charge in [-0.05, 0) is 74.9 Å². The number of hydrogen-bond acceptors (Lipinski definition) is 3. The summed E-state index contributed by atoms with van der Waals surface area (Å²) in [6.45, 7) is 0. The fourth-order valence-electron chi connectivity index (χ4n) is 6.33. The molecule has 3 nitrogen and oxygen atoms in total. The molecule has 2 aromatic rings. The Morgan fingerprint density at radius 1 is 0.885 bits per heavy atom. The summed E-state index contributed by atoms with van der Waals surface area (Å²) < 4.78 is 15.1. The van der Waals surface area contributed by atoms with E-state index in [0.29, 0.717) is 11.8 Å². The van der Waals surface area contributed by atoms with Crippen LogP contribution in [-0.4, -0.2) is 18.8 Å². The molecule has 134 valence electrons. The molecule has 1 saturated carbocycles. The molecule has 1 heterocycles. The molecule has 4 aliphatic rings. The number of rotatable bonds is 1. The van der Waals surface area contributed by atoms with Gasteiger partial charge in [0.25, 0.3) is 0 Å². The Bertz CT molecular complexity index is 840. The molecule has 0 unspecified atom stereocenters. The molecule has 0 aromatic heterocycles. The van der Waals surface area contributed by atoms with Crippen LogP contribution in [0.25, 0.3) is 0 Å². The Labute approximate surface area is 156 Å². The van der Waals surface area contributed by atoms with E-state index in [-0.39, 0.29) is 5.41 Å². The van der Waals surface area contributed by atoms with Gasteiger partial charge >= 0.3 is 8.53 Å². The van der Waals surface area contributed by atoms with Crippen LogP contribution >= 0.6 is 8.53 Å². The first kappa shape index (κ1) is 15.5. The van der Waals surface area contributed by atoms with Gasteiger partial charge < -0.3 is 9.05 Å². The highest BCUT2D eigenvalue weighted by atomic mass is 31.2. The van der Waals surface area contributed by atoms with Crippen molar-refractivity contribution < 1.29 is 9.05 Å². The van der Waals surface area contributed by atoms with Crippen molar-refractivity contribution >= 4 is 8.53 Å². The quantitative estimate of drug-likeness (QED) is 0.659. The minimum Gasteiger partial charge on any atom is -0.427 e. The van der Waals surface area contributed by atoms with E-state index in [0.717, 1.165) is 11.5 Å². The molecule has 4 heteroatoms. The topological polar surface area (TPSA) is 21.7 Å². The van der Waals surface area contributed by atoms with Gasteiger partial charge in [0.1, 0.15) is 11.5 Å². The Balaban J connectivity index is 1.71. The molecule has 0 amide bonds. The summed E-state index contributed by atoms with van der Waals surface area (Å²) >= 11 is 0. The standard InChI is InChI=1S/C22H24NO2P/c1-23(2)26-24-18-10-3-6-14-12-16-8-5-9-17-13-15-7-4-11-19(25-26)21(15)22(16,17)20(14)18/h3-4,6-7,10-11,16-17H,5,8-9,12-13H2,1-2H3/t16-,17-,22?/m1/s1. The summed E-state index contributed by atoms with van der Waals surface area (Å²) in [5.74, 6) is 3.52. The van der Waals surface area contributed by atoms with Crippen molar-refractivity contribution in [3.8, 4) is 11.5 Å². The van der Waals surface area contributed by atoms with Crippen LogP contribution in [0.4, 0.5) is 0 Å². The van der Waals surface area contributed by atoms with Gasteiger partial charge in [-0.25, -0.2) is 4.67 Å². The summed E-state index contributed by atoms with van der Waals surface area (Å²) in [7, 11) is 2.95. The zero-order valence-electron chi connectivity index (χ0n) is 15.4. The lowest BCUT2D eigenvalue weighted by Gasteiger charge is -2.45. The number of hydrogen-bond donors (Lipinski definition) is 0. The first-order valence-electron chi connectivity index (χ1n) is 9.77. The molecule has 2 aromatic carbocycles. The third-order valence-corrected chi connectivity index (χ3v) is 8.42. The van der Waals surface area contributed by atoms with E-state index in [1.807, 2.05) is 14.1 Å². The van der Waals surface area contributed by atoms with Gasteiger partial charge in [-0.15, -0.1) is 0 Å². The van der Waals surface area contributed by atoms with Crippen LogP contribution in [0, 0.1) is 11.8 Å². The van der Waals surface area contributed by atoms with E-state index < -0.39 is 8.53 Å². The van der Waals surface area contributed by atoms with Crippen molar-refractivity contribution in [1.29, 1.82) is 0 Å². The minimum absolute atomic E-state index is 0.115. The van der Waals surface area contributed by atoms with Crippen LogP contribution in [0.15, 0.2) is 36.4 Å². The van der Waals surface area contributed by atoms with Gasteiger partial charge in [0.15, 0.2) is 0 Å². The molecule has 0 N–H and O–H groups in total. The van der Waals surface area contributed by atoms with E-state index in [1.54, 1.807) is 0 Å². The molecular formula is C22H24NO2P. The van der Waals surface area contributed by atoms with Crippen LogP contribution in [0.2, 0.25) is 0 Å². The van der Waals surface area contributed by atoms with Gasteiger partial charge in [0.05, 0.1) is 0 Å². The van der Waals surface area contributed by atoms with E-state index in [1.165, 1.54) is 54.4 Å². The predicted octanol–water partition coefficient (Wildman–Crippen LogP) is 5.06. The molecule has 2 atom stereocenters. The normalized spacial score (nSPS) is 33.0. The maximum absolute atomic E-state index is 6.53. The van der Waals surface area contributed by atoms with Crippen LogP contribution in [0.3, 0.4) is 0 Å². The van der Waals surface area contributed by atoms with Crippen molar-refractivity contribution in [3.63, 3.8) is 0 Å². The average Bonchev–Trinajstić information content (AvgIpc) is 3.13. The molecule has 1 aliphatic heterocycles. The number of nitrogens with zero attached hydrogens (tertiary/aromatic N) is 1. The van der Waals surface area contributed by atoms with E-state index >= 15 is 0 Å². The fraction of sp³-hybridized carbons (Fsp3) is 0.455. The lowest BCUT2D eigenvalue weighted by atomic mass is 9.59. The highest BCUT2D eigenvalue weighted by molar-refractivity contribution is 7.45. The Kier molecular flexibility index (Phi) is 3.12. The van der Waals surface area contributed by atoms with Gasteiger partial charge in [-0.2, -0.15) is 0 Å². The molecule has 26 heavy (non-hydrogen) atoms. The van der Waals surface area contributed by atoms with Crippen molar-refractivity contribution in [2.45, 2.75) is 37.5 Å². The smallest absolute Gasteiger partial charge is 0.384 e. The lowest BCUT2D eigenvalue weighted by Crippen LogP contribution is -2.42. The highest BCUT2D eigenvalue weighted by Gasteiger charge is 2.61. The molecule has 0 bridgehead atoms. The van der Waals surface area contributed by atoms with E-state index in [4.69, 9.17) is 9.05 Å². The summed E-state index contributed by atoms with van der Waals surface area (Å²) in [6, 6.07) is 13.4. The van der Waals surface area contributed by atoms with Crippen molar-refractivity contribution in [1.82, 2.24) is 4.67 Å². The summed E-state index contributed by atoms with van der Waals surface area (Å²) in [5.41, 5.74) is 6.14. The second kappa shape index (κ2) is 5.24. The molecule has 3 aliphatic carbocycles. The van der Waals surface area contributed by atoms with E-state index in [2.05, 4.69) is 41.1 Å². The van der Waals surface area contributed by atoms with E-state index in [9.17, 15) is 0 Å². The first-order chi connectivity index (χ1) is 12.7. The van der Waals surface area contributed by atoms with Crippen LogP contribution in [0.5, 0.6) is 11.5 Å². The Morgan fingerprint density at radius 2 is 1.42 bits per heavy atom. The zero-order valence-corrected chi connectivity index (χ0v) is 16.3. The van der Waals surface area contributed by atoms with Crippen molar-refractivity contribution in [2.24, 2.45) is 11.8 Å². The first-order valence-corrected chi connectivity index (χ1v) is 10.9. The summed E-state index contributed by atoms with van der Waals surface area (Å²) in [6.07, 6.45) is 6.38. The maximum atomic E-state index is 6.53. The average molecular weight is 365 g/mol. The van der Waals surface area contributed by atoms with Crippen LogP contribution in [0.1, 0.15) is 41.5 Å². The molecule has 0 radical (unpaired) electrons. The fourth-order valence-corrected chi connectivity index (χ4v) is 7.34. The van der Waals surface area contributed by atoms with Crippen molar-refractivity contribution in [3.05, 3.63) is 58.7 Å². The molecule has 6 rings (SSSR count). The van der Waals surface area contributed by atoms with Gasteiger partial charge in [0.2, 0.25) is 0 Å². The molecule has 1 spiro atoms. The largest absolute Gasteiger partial charge is 0.427 e. The van der Waals surface area contributed by atoms with Gasteiger partial charge in [-0.3, -0.25) is 0 Å². The number of benzene rings is 2. The maximum Gasteiger partial charge on any atom is 0.384 e. The zero-order chi connectivity index (χ0) is 17.5. The van der Waals surface area contributed by atoms with Crippen LogP contribution in [-0.2, 0) is 18.3 Å².